The highest BCUT2D eigenvalue weighted by Gasteiger charge is 2.31. The molecule has 0 spiro atoms. The van der Waals surface area contributed by atoms with E-state index in [1.807, 2.05) is 0 Å². The van der Waals surface area contributed by atoms with Crippen LogP contribution < -0.4 is 5.32 Å². The van der Waals surface area contributed by atoms with Crippen molar-refractivity contribution in [1.29, 1.82) is 0 Å². The van der Waals surface area contributed by atoms with Gasteiger partial charge in [-0.25, -0.2) is 0 Å². The first-order chi connectivity index (χ1) is 9.44. The lowest BCUT2D eigenvalue weighted by Gasteiger charge is -2.34. The molecule has 5 nitrogen and oxygen atoms in total. The first-order valence-corrected chi connectivity index (χ1v) is 7.60. The molecule has 4 unspecified atom stereocenters. The molecule has 2 fully saturated rings. The first kappa shape index (κ1) is 15.4. The van der Waals surface area contributed by atoms with Crippen LogP contribution in [-0.4, -0.2) is 29.3 Å². The number of amides is 2. The van der Waals surface area contributed by atoms with Gasteiger partial charge in [0.05, 0.1) is 6.10 Å². The largest absolute Gasteiger partial charge is 0.368 e. The van der Waals surface area contributed by atoms with Gasteiger partial charge in [-0.2, -0.15) is 0 Å². The molecule has 5 heteroatoms. The van der Waals surface area contributed by atoms with Crippen LogP contribution in [0.25, 0.3) is 0 Å². The second-order valence-electron chi connectivity index (χ2n) is 6.51. The Kier molecular flexibility index (Phi) is 5.16. The van der Waals surface area contributed by atoms with Crippen molar-refractivity contribution in [2.75, 3.05) is 0 Å². The Morgan fingerprint density at radius 2 is 1.90 bits per heavy atom. The number of hydrogen-bond donors (Lipinski definition) is 2. The van der Waals surface area contributed by atoms with Gasteiger partial charge in [0.2, 0.25) is 11.8 Å². The van der Waals surface area contributed by atoms with Gasteiger partial charge in [0.25, 0.3) is 0 Å². The summed E-state index contributed by atoms with van der Waals surface area (Å²) in [7, 11) is 0. The van der Waals surface area contributed by atoms with Crippen LogP contribution in [0.3, 0.4) is 0 Å². The number of imide groups is 1. The quantitative estimate of drug-likeness (QED) is 0.607. The van der Waals surface area contributed by atoms with Crippen molar-refractivity contribution in [3.8, 4) is 0 Å². The van der Waals surface area contributed by atoms with Crippen LogP contribution in [0.4, 0.5) is 0 Å². The van der Waals surface area contributed by atoms with Crippen molar-refractivity contribution in [3.63, 3.8) is 0 Å². The fourth-order valence-corrected chi connectivity index (χ4v) is 3.40. The van der Waals surface area contributed by atoms with Crippen LogP contribution >= 0.6 is 0 Å². The van der Waals surface area contributed by atoms with E-state index in [1.54, 1.807) is 0 Å². The van der Waals surface area contributed by atoms with E-state index in [1.165, 1.54) is 0 Å². The molecule has 2 rings (SSSR count). The van der Waals surface area contributed by atoms with Crippen LogP contribution in [0.2, 0.25) is 0 Å². The van der Waals surface area contributed by atoms with Gasteiger partial charge in [0.15, 0.2) is 6.29 Å². The summed E-state index contributed by atoms with van der Waals surface area (Å²) in [6, 6.07) is 0. The number of nitrogens with one attached hydrogen (secondary N) is 1. The Hall–Kier alpha value is -0.940. The molecule has 1 heterocycles. The number of carbonyl (C=O) groups excluding carboxylic acids is 2. The molecule has 1 saturated heterocycles. The van der Waals surface area contributed by atoms with E-state index in [-0.39, 0.29) is 23.8 Å². The number of carbonyl (C=O) groups is 2. The fraction of sp³-hybridized carbons (Fsp3) is 0.867. The molecule has 4 atom stereocenters. The highest BCUT2D eigenvalue weighted by atomic mass is 16.6. The maximum absolute atomic E-state index is 11.3. The van der Waals surface area contributed by atoms with E-state index >= 15 is 0 Å². The summed E-state index contributed by atoms with van der Waals surface area (Å²) in [6.45, 7) is 4.40. The average Bonchev–Trinajstić information content (AvgIpc) is 2.31. The van der Waals surface area contributed by atoms with Crippen LogP contribution in [0.1, 0.15) is 52.4 Å². The van der Waals surface area contributed by atoms with Gasteiger partial charge in [0, 0.05) is 19.3 Å². The third-order valence-electron chi connectivity index (χ3n) is 4.45. The average molecular weight is 283 g/mol. The maximum Gasteiger partial charge on any atom is 0.226 e. The highest BCUT2D eigenvalue weighted by molar-refractivity contribution is 5.97. The van der Waals surface area contributed by atoms with Crippen LogP contribution in [-0.2, 0) is 14.3 Å². The van der Waals surface area contributed by atoms with Gasteiger partial charge < -0.3 is 9.84 Å². The summed E-state index contributed by atoms with van der Waals surface area (Å²) in [6.07, 6.45) is 3.40. The summed E-state index contributed by atoms with van der Waals surface area (Å²) in [5.74, 6) is 0.562. The summed E-state index contributed by atoms with van der Waals surface area (Å²) >= 11 is 0. The van der Waals surface area contributed by atoms with Crippen molar-refractivity contribution in [1.82, 2.24) is 5.32 Å². The monoisotopic (exact) mass is 283 g/mol. The maximum atomic E-state index is 11.3. The fourth-order valence-electron chi connectivity index (χ4n) is 3.40. The van der Waals surface area contributed by atoms with E-state index in [0.717, 1.165) is 25.2 Å². The van der Waals surface area contributed by atoms with Crippen LogP contribution in [0, 0.1) is 17.8 Å². The van der Waals surface area contributed by atoms with E-state index in [2.05, 4.69) is 19.2 Å². The molecule has 2 aliphatic rings. The third-order valence-corrected chi connectivity index (χ3v) is 4.45. The Bertz CT molecular complexity index is 355. The predicted molar refractivity (Wildman–Crippen MR) is 73.5 cm³/mol. The van der Waals surface area contributed by atoms with Gasteiger partial charge in [-0.3, -0.25) is 14.9 Å². The van der Waals surface area contributed by atoms with Gasteiger partial charge in [0.1, 0.15) is 0 Å². The molecule has 20 heavy (non-hydrogen) atoms. The molecule has 2 N–H and O–H groups in total. The van der Waals surface area contributed by atoms with Crippen LogP contribution in [0.15, 0.2) is 0 Å². The van der Waals surface area contributed by atoms with Crippen molar-refractivity contribution in [2.45, 2.75) is 64.8 Å². The van der Waals surface area contributed by atoms with E-state index < -0.39 is 6.29 Å². The number of rotatable bonds is 4. The highest BCUT2D eigenvalue weighted by Crippen LogP contribution is 2.32. The second-order valence-corrected chi connectivity index (χ2v) is 6.51. The molecule has 114 valence electrons. The second kappa shape index (κ2) is 6.68. The number of ether oxygens (including phenoxy) is 1. The number of piperidine rings is 1. The molecule has 0 aromatic carbocycles. The summed E-state index contributed by atoms with van der Waals surface area (Å²) in [4.78, 5) is 22.6. The molecule has 0 aromatic heterocycles. The summed E-state index contributed by atoms with van der Waals surface area (Å²) < 4.78 is 5.74. The van der Waals surface area contributed by atoms with Gasteiger partial charge in [-0.1, -0.05) is 13.8 Å². The minimum absolute atomic E-state index is 0.0920. The molecule has 1 aliphatic carbocycles. The van der Waals surface area contributed by atoms with Crippen molar-refractivity contribution < 1.29 is 19.4 Å². The topological polar surface area (TPSA) is 75.6 Å². The Labute approximate surface area is 120 Å². The predicted octanol–water partition coefficient (Wildman–Crippen LogP) is 1.59. The smallest absolute Gasteiger partial charge is 0.226 e. The molecule has 1 aliphatic heterocycles. The van der Waals surface area contributed by atoms with Crippen molar-refractivity contribution in [2.24, 2.45) is 17.8 Å². The Balaban J connectivity index is 1.78. The third kappa shape index (κ3) is 4.28. The molecule has 0 radical (unpaired) electrons. The zero-order chi connectivity index (χ0) is 14.7. The Morgan fingerprint density at radius 3 is 2.50 bits per heavy atom. The SMILES string of the molecule is CC1CCC(OC(O)CC2CC(=O)NC(=O)C2)C(C)C1. The zero-order valence-corrected chi connectivity index (χ0v) is 12.3. The van der Waals surface area contributed by atoms with Crippen molar-refractivity contribution in [3.05, 3.63) is 0 Å². The van der Waals surface area contributed by atoms with E-state index in [0.29, 0.717) is 25.2 Å². The van der Waals surface area contributed by atoms with E-state index in [9.17, 15) is 14.7 Å². The molecule has 0 bridgehead atoms. The lowest BCUT2D eigenvalue weighted by Crippen LogP contribution is -2.40. The van der Waals surface area contributed by atoms with Gasteiger partial charge in [-0.15, -0.1) is 0 Å². The summed E-state index contributed by atoms with van der Waals surface area (Å²) in [5, 5.41) is 12.3. The number of aliphatic hydroxyl groups excluding tert-OH is 1. The van der Waals surface area contributed by atoms with Gasteiger partial charge in [-0.05, 0) is 37.0 Å². The molecular formula is C15H25NO4. The zero-order valence-electron chi connectivity index (χ0n) is 12.3. The molecule has 2 amide bonds. The number of aliphatic hydroxyl groups is 1. The summed E-state index contributed by atoms with van der Waals surface area (Å²) in [5.41, 5.74) is 0. The van der Waals surface area contributed by atoms with Crippen molar-refractivity contribution >= 4 is 11.8 Å². The molecular weight excluding hydrogens is 258 g/mol. The lowest BCUT2D eigenvalue weighted by molar-refractivity contribution is -0.170. The van der Waals surface area contributed by atoms with Crippen LogP contribution in [0.5, 0.6) is 0 Å². The van der Waals surface area contributed by atoms with Gasteiger partial charge >= 0.3 is 0 Å². The van der Waals surface area contributed by atoms with E-state index in [4.69, 9.17) is 4.74 Å². The molecule has 0 aromatic rings. The Morgan fingerprint density at radius 1 is 1.25 bits per heavy atom. The standard InChI is InChI=1S/C15H25NO4/c1-9-3-4-12(10(2)5-9)20-15(19)8-11-6-13(17)16-14(18)7-11/h9-12,15,19H,3-8H2,1-2H3,(H,16,17,18). The number of hydrogen-bond acceptors (Lipinski definition) is 4. The first-order valence-electron chi connectivity index (χ1n) is 7.60. The normalized spacial score (nSPS) is 33.9. The molecule has 1 saturated carbocycles. The lowest BCUT2D eigenvalue weighted by atomic mass is 9.81. The minimum atomic E-state index is -0.875. The minimum Gasteiger partial charge on any atom is -0.368 e.